The summed E-state index contributed by atoms with van der Waals surface area (Å²) >= 11 is 4.64. The minimum Gasteiger partial charge on any atom is -0.325 e. The van der Waals surface area contributed by atoms with Gasteiger partial charge in [0.15, 0.2) is 11.6 Å². The van der Waals surface area contributed by atoms with E-state index in [4.69, 9.17) is 0 Å². The lowest BCUT2D eigenvalue weighted by Gasteiger charge is -2.04. The van der Waals surface area contributed by atoms with Crippen LogP contribution in [0, 0.1) is 0 Å². The number of nitrogens with one attached hydrogen (secondary N) is 2. The van der Waals surface area contributed by atoms with Gasteiger partial charge in [-0.3, -0.25) is 14.7 Å². The van der Waals surface area contributed by atoms with E-state index < -0.39 is 0 Å². The first-order valence-electron chi connectivity index (χ1n) is 7.73. The molecule has 132 valence electrons. The molecule has 2 aromatic carbocycles. The molecule has 3 aromatic rings. The highest BCUT2D eigenvalue weighted by Gasteiger charge is 2.09. The normalized spacial score (nSPS) is 10.5. The zero-order valence-electron chi connectivity index (χ0n) is 13.8. The average molecular weight is 431 g/mol. The predicted molar refractivity (Wildman–Crippen MR) is 105 cm³/mol. The molecule has 0 saturated carbocycles. The van der Waals surface area contributed by atoms with Crippen LogP contribution in [0.4, 0.5) is 5.69 Å². The summed E-state index contributed by atoms with van der Waals surface area (Å²) in [7, 11) is 0. The summed E-state index contributed by atoms with van der Waals surface area (Å²) in [6.45, 7) is 1.50. The third-order valence-electron chi connectivity index (χ3n) is 3.49. The number of hydrogen-bond acceptors (Lipinski definition) is 5. The van der Waals surface area contributed by atoms with Crippen LogP contribution in [0.3, 0.4) is 0 Å². The molecule has 1 heterocycles. The largest absolute Gasteiger partial charge is 0.325 e. The number of amides is 1. The van der Waals surface area contributed by atoms with Gasteiger partial charge in [-0.25, -0.2) is 4.98 Å². The number of anilines is 1. The van der Waals surface area contributed by atoms with E-state index in [1.54, 1.807) is 24.3 Å². The summed E-state index contributed by atoms with van der Waals surface area (Å²) in [6.07, 6.45) is 0. The van der Waals surface area contributed by atoms with E-state index in [2.05, 4.69) is 36.4 Å². The van der Waals surface area contributed by atoms with Gasteiger partial charge in [-0.2, -0.15) is 0 Å². The highest BCUT2D eigenvalue weighted by atomic mass is 79.9. The highest BCUT2D eigenvalue weighted by molar-refractivity contribution is 9.10. The molecule has 26 heavy (non-hydrogen) atoms. The van der Waals surface area contributed by atoms with Crippen LogP contribution in [-0.2, 0) is 4.79 Å². The van der Waals surface area contributed by atoms with Gasteiger partial charge in [-0.05, 0) is 43.3 Å². The van der Waals surface area contributed by atoms with E-state index >= 15 is 0 Å². The van der Waals surface area contributed by atoms with Crippen LogP contribution in [0.2, 0.25) is 0 Å². The number of halogens is 1. The Labute approximate surface area is 162 Å². The Morgan fingerprint density at radius 3 is 2.46 bits per heavy atom. The number of aromatic nitrogens is 3. The second kappa shape index (κ2) is 8.29. The molecular weight excluding hydrogens is 416 g/mol. The Morgan fingerprint density at radius 1 is 1.12 bits per heavy atom. The number of thioether (sulfide) groups is 1. The lowest BCUT2D eigenvalue weighted by molar-refractivity contribution is -0.113. The van der Waals surface area contributed by atoms with E-state index in [0.717, 1.165) is 10.0 Å². The van der Waals surface area contributed by atoms with E-state index in [1.807, 2.05) is 24.3 Å². The first-order valence-corrected chi connectivity index (χ1v) is 9.51. The average Bonchev–Trinajstić information content (AvgIpc) is 3.10. The molecule has 3 rings (SSSR count). The number of hydrogen-bond donors (Lipinski definition) is 2. The summed E-state index contributed by atoms with van der Waals surface area (Å²) in [6, 6.07) is 14.5. The quantitative estimate of drug-likeness (QED) is 0.452. The fraction of sp³-hybridized carbons (Fsp3) is 0.111. The maximum Gasteiger partial charge on any atom is 0.234 e. The SMILES string of the molecule is CC(=O)c1ccc(NC(=O)CSc2n[nH]c(-c3ccc(Br)cc3)n2)cc1. The summed E-state index contributed by atoms with van der Waals surface area (Å²) in [5, 5.41) is 10.3. The second-order valence-corrected chi connectivity index (χ2v) is 7.30. The Kier molecular flexibility index (Phi) is 5.85. The van der Waals surface area contributed by atoms with Crippen LogP contribution in [0.5, 0.6) is 0 Å². The van der Waals surface area contributed by atoms with Crippen LogP contribution in [0.25, 0.3) is 11.4 Å². The number of ketones is 1. The highest BCUT2D eigenvalue weighted by Crippen LogP contribution is 2.21. The minimum atomic E-state index is -0.166. The molecule has 0 radical (unpaired) electrons. The molecule has 8 heteroatoms. The van der Waals surface area contributed by atoms with E-state index in [-0.39, 0.29) is 17.4 Å². The van der Waals surface area contributed by atoms with Crippen molar-refractivity contribution in [1.82, 2.24) is 15.2 Å². The van der Waals surface area contributed by atoms with Crippen LogP contribution in [-0.4, -0.2) is 32.6 Å². The fourth-order valence-corrected chi connectivity index (χ4v) is 3.03. The topological polar surface area (TPSA) is 87.7 Å². The first kappa shape index (κ1) is 18.3. The molecule has 0 aliphatic rings. The van der Waals surface area contributed by atoms with Gasteiger partial charge >= 0.3 is 0 Å². The molecule has 0 unspecified atom stereocenters. The van der Waals surface area contributed by atoms with Crippen LogP contribution >= 0.6 is 27.7 Å². The molecule has 0 atom stereocenters. The van der Waals surface area contributed by atoms with Gasteiger partial charge in [-0.15, -0.1) is 5.10 Å². The first-order chi connectivity index (χ1) is 12.5. The molecule has 0 aliphatic heterocycles. The third-order valence-corrected chi connectivity index (χ3v) is 4.87. The van der Waals surface area contributed by atoms with Crippen molar-refractivity contribution in [3.63, 3.8) is 0 Å². The van der Waals surface area contributed by atoms with Gasteiger partial charge in [0.25, 0.3) is 0 Å². The number of aromatic amines is 1. The van der Waals surface area contributed by atoms with Crippen molar-refractivity contribution >= 4 is 45.1 Å². The van der Waals surface area contributed by atoms with Crippen molar-refractivity contribution in [2.45, 2.75) is 12.1 Å². The molecule has 1 amide bonds. The lowest BCUT2D eigenvalue weighted by atomic mass is 10.1. The zero-order chi connectivity index (χ0) is 18.5. The second-order valence-electron chi connectivity index (χ2n) is 5.44. The molecule has 0 aliphatic carbocycles. The number of carbonyl (C=O) groups excluding carboxylic acids is 2. The number of Topliss-reactive ketones (excluding diaryl/α,β-unsaturated/α-hetero) is 1. The fourth-order valence-electron chi connectivity index (χ4n) is 2.16. The summed E-state index contributed by atoms with van der Waals surface area (Å²) in [5.41, 5.74) is 2.17. The molecule has 0 bridgehead atoms. The van der Waals surface area contributed by atoms with Crippen LogP contribution < -0.4 is 5.32 Å². The standard InChI is InChI=1S/C18H15BrN4O2S/c1-11(24)12-4-8-15(9-5-12)20-16(25)10-26-18-21-17(22-23-18)13-2-6-14(19)7-3-13/h2-9H,10H2,1H3,(H,20,25)(H,21,22,23). The van der Waals surface area contributed by atoms with E-state index in [9.17, 15) is 9.59 Å². The summed E-state index contributed by atoms with van der Waals surface area (Å²) in [4.78, 5) is 27.7. The van der Waals surface area contributed by atoms with Crippen LogP contribution in [0.15, 0.2) is 58.2 Å². The molecule has 0 spiro atoms. The van der Waals surface area contributed by atoms with Crippen molar-refractivity contribution in [1.29, 1.82) is 0 Å². The van der Waals surface area contributed by atoms with E-state index in [0.29, 0.717) is 22.2 Å². The van der Waals surface area contributed by atoms with Crippen molar-refractivity contribution in [3.8, 4) is 11.4 Å². The molecule has 0 fully saturated rings. The van der Waals surface area contributed by atoms with Gasteiger partial charge in [0.1, 0.15) is 0 Å². The van der Waals surface area contributed by atoms with Crippen molar-refractivity contribution in [3.05, 3.63) is 58.6 Å². The summed E-state index contributed by atoms with van der Waals surface area (Å²) in [5.74, 6) is 0.664. The number of H-pyrrole nitrogens is 1. The van der Waals surface area contributed by atoms with Crippen LogP contribution in [0.1, 0.15) is 17.3 Å². The smallest absolute Gasteiger partial charge is 0.234 e. The number of carbonyl (C=O) groups is 2. The number of benzene rings is 2. The Morgan fingerprint density at radius 2 is 1.81 bits per heavy atom. The van der Waals surface area contributed by atoms with Gasteiger partial charge in [0.2, 0.25) is 11.1 Å². The number of rotatable bonds is 6. The maximum absolute atomic E-state index is 12.0. The monoisotopic (exact) mass is 430 g/mol. The Balaban J connectivity index is 1.54. The third kappa shape index (κ3) is 4.80. The van der Waals surface area contributed by atoms with Crippen molar-refractivity contribution in [2.24, 2.45) is 0 Å². The van der Waals surface area contributed by atoms with Gasteiger partial charge in [0.05, 0.1) is 5.75 Å². The predicted octanol–water partition coefficient (Wildman–Crippen LogP) is 4.17. The maximum atomic E-state index is 12.0. The molecule has 2 N–H and O–H groups in total. The minimum absolute atomic E-state index is 0.00961. The van der Waals surface area contributed by atoms with Crippen molar-refractivity contribution < 1.29 is 9.59 Å². The van der Waals surface area contributed by atoms with Gasteiger partial charge in [0, 0.05) is 21.3 Å². The summed E-state index contributed by atoms with van der Waals surface area (Å²) < 4.78 is 0.989. The number of nitrogens with zero attached hydrogens (tertiary/aromatic N) is 2. The Bertz CT molecular complexity index is 923. The molecular formula is C18H15BrN4O2S. The van der Waals surface area contributed by atoms with Gasteiger partial charge < -0.3 is 5.32 Å². The van der Waals surface area contributed by atoms with Gasteiger partial charge in [-0.1, -0.05) is 39.8 Å². The molecule has 1 aromatic heterocycles. The van der Waals surface area contributed by atoms with Crippen molar-refractivity contribution in [2.75, 3.05) is 11.1 Å². The molecule has 0 saturated heterocycles. The Hall–Kier alpha value is -2.45. The van der Waals surface area contributed by atoms with E-state index in [1.165, 1.54) is 18.7 Å². The lowest BCUT2D eigenvalue weighted by Crippen LogP contribution is -2.14. The molecule has 6 nitrogen and oxygen atoms in total. The zero-order valence-corrected chi connectivity index (χ0v) is 16.2.